The molecule has 0 fully saturated rings. The number of amides is 1. The molecule has 0 bridgehead atoms. The van der Waals surface area contributed by atoms with E-state index in [1.807, 2.05) is 0 Å². The highest BCUT2D eigenvalue weighted by Crippen LogP contribution is 2.23. The fourth-order valence-electron chi connectivity index (χ4n) is 1.92. The predicted octanol–water partition coefficient (Wildman–Crippen LogP) is 3.95. The number of benzene rings is 1. The van der Waals surface area contributed by atoms with Crippen molar-refractivity contribution in [3.63, 3.8) is 0 Å². The highest BCUT2D eigenvalue weighted by Gasteiger charge is 2.20. The van der Waals surface area contributed by atoms with Gasteiger partial charge in [0.2, 0.25) is 0 Å². The fourth-order valence-corrected chi connectivity index (χ4v) is 2.29. The zero-order valence-corrected chi connectivity index (χ0v) is 11.3. The van der Waals surface area contributed by atoms with Crippen LogP contribution in [0.2, 0.25) is 10.0 Å². The van der Waals surface area contributed by atoms with Crippen molar-refractivity contribution in [2.75, 3.05) is 13.1 Å². The van der Waals surface area contributed by atoms with Gasteiger partial charge in [-0.3, -0.25) is 4.79 Å². The second kappa shape index (κ2) is 5.59. The Morgan fingerprint density at radius 2 is 2.17 bits per heavy atom. The molecule has 1 amide bonds. The molecule has 1 aromatic rings. The third-order valence-corrected chi connectivity index (χ3v) is 3.45. The number of hydrogen-bond donors (Lipinski definition) is 0. The van der Waals surface area contributed by atoms with E-state index in [0.29, 0.717) is 28.7 Å². The smallest absolute Gasteiger partial charge is 0.255 e. The number of carbonyl (C=O) groups excluding carboxylic acids is 1. The Hall–Kier alpha value is -1.25. The summed E-state index contributed by atoms with van der Waals surface area (Å²) in [7, 11) is 0. The molecule has 0 spiro atoms. The standard InChI is InChI=1S/C14H13Cl2NO/c1-2-10-4-3-7-17(9-10)14(18)12-8-11(15)5-6-13(12)16/h2,4-6,8H,1,3,7,9H2. The summed E-state index contributed by atoms with van der Waals surface area (Å²) in [5.41, 5.74) is 1.52. The van der Waals surface area contributed by atoms with Crippen molar-refractivity contribution in [3.05, 3.63) is 58.1 Å². The van der Waals surface area contributed by atoms with Crippen LogP contribution in [-0.2, 0) is 0 Å². The monoisotopic (exact) mass is 281 g/mol. The van der Waals surface area contributed by atoms with Gasteiger partial charge in [0.05, 0.1) is 10.6 Å². The lowest BCUT2D eigenvalue weighted by Crippen LogP contribution is -2.35. The van der Waals surface area contributed by atoms with Crippen LogP contribution in [0, 0.1) is 0 Å². The molecule has 0 aliphatic carbocycles. The molecule has 18 heavy (non-hydrogen) atoms. The van der Waals surface area contributed by atoms with Gasteiger partial charge in [0, 0.05) is 18.1 Å². The van der Waals surface area contributed by atoms with E-state index in [2.05, 4.69) is 12.7 Å². The van der Waals surface area contributed by atoms with Crippen molar-refractivity contribution in [1.82, 2.24) is 4.90 Å². The average molecular weight is 282 g/mol. The van der Waals surface area contributed by atoms with Crippen LogP contribution in [-0.4, -0.2) is 23.9 Å². The molecule has 1 heterocycles. The SMILES string of the molecule is C=CC1=CCCN(C(=O)c2cc(Cl)ccc2Cl)C1. The van der Waals surface area contributed by atoms with E-state index in [-0.39, 0.29) is 5.91 Å². The molecule has 4 heteroatoms. The Bertz CT molecular complexity index is 523. The first-order valence-electron chi connectivity index (χ1n) is 5.67. The van der Waals surface area contributed by atoms with E-state index >= 15 is 0 Å². The molecule has 0 atom stereocenters. The minimum atomic E-state index is -0.0880. The van der Waals surface area contributed by atoms with E-state index in [4.69, 9.17) is 23.2 Å². The van der Waals surface area contributed by atoms with Gasteiger partial charge in [-0.25, -0.2) is 0 Å². The summed E-state index contributed by atoms with van der Waals surface area (Å²) in [6.45, 7) is 5.00. The molecule has 2 nitrogen and oxygen atoms in total. The molecular weight excluding hydrogens is 269 g/mol. The maximum atomic E-state index is 12.4. The van der Waals surface area contributed by atoms with Gasteiger partial charge < -0.3 is 4.90 Å². The highest BCUT2D eigenvalue weighted by atomic mass is 35.5. The first kappa shape index (κ1) is 13.2. The summed E-state index contributed by atoms with van der Waals surface area (Å²) in [6, 6.07) is 4.93. The van der Waals surface area contributed by atoms with Crippen molar-refractivity contribution in [1.29, 1.82) is 0 Å². The zero-order chi connectivity index (χ0) is 13.1. The molecule has 0 N–H and O–H groups in total. The highest BCUT2D eigenvalue weighted by molar-refractivity contribution is 6.35. The van der Waals surface area contributed by atoms with Crippen molar-refractivity contribution in [2.24, 2.45) is 0 Å². The summed E-state index contributed by atoms with van der Waals surface area (Å²) in [5.74, 6) is -0.0880. The Labute approximate surface area is 116 Å². The summed E-state index contributed by atoms with van der Waals surface area (Å²) >= 11 is 11.9. The maximum absolute atomic E-state index is 12.4. The van der Waals surface area contributed by atoms with Gasteiger partial charge in [0.15, 0.2) is 0 Å². The molecule has 0 radical (unpaired) electrons. The van der Waals surface area contributed by atoms with Crippen molar-refractivity contribution in [2.45, 2.75) is 6.42 Å². The van der Waals surface area contributed by atoms with Gasteiger partial charge in [-0.05, 0) is 30.2 Å². The van der Waals surface area contributed by atoms with Crippen molar-refractivity contribution < 1.29 is 4.79 Å². The minimum Gasteiger partial charge on any atom is -0.334 e. The Morgan fingerprint density at radius 3 is 2.89 bits per heavy atom. The molecule has 94 valence electrons. The van der Waals surface area contributed by atoms with E-state index < -0.39 is 0 Å². The van der Waals surface area contributed by atoms with Gasteiger partial charge in [0.1, 0.15) is 0 Å². The van der Waals surface area contributed by atoms with Crippen LogP contribution in [0.5, 0.6) is 0 Å². The molecule has 2 rings (SSSR count). The van der Waals surface area contributed by atoms with Crippen LogP contribution in [0.1, 0.15) is 16.8 Å². The lowest BCUT2D eigenvalue weighted by Gasteiger charge is -2.26. The van der Waals surface area contributed by atoms with Crippen LogP contribution in [0.25, 0.3) is 0 Å². The second-order valence-electron chi connectivity index (χ2n) is 4.12. The zero-order valence-electron chi connectivity index (χ0n) is 9.83. The Kier molecular flexibility index (Phi) is 4.10. The Morgan fingerprint density at radius 1 is 1.39 bits per heavy atom. The van der Waals surface area contributed by atoms with E-state index in [1.54, 1.807) is 29.2 Å². The maximum Gasteiger partial charge on any atom is 0.255 e. The van der Waals surface area contributed by atoms with E-state index in [0.717, 1.165) is 12.0 Å². The van der Waals surface area contributed by atoms with Crippen molar-refractivity contribution in [3.8, 4) is 0 Å². The van der Waals surface area contributed by atoms with Crippen LogP contribution in [0.15, 0.2) is 42.5 Å². The largest absolute Gasteiger partial charge is 0.334 e. The summed E-state index contributed by atoms with van der Waals surface area (Å²) < 4.78 is 0. The fraction of sp³-hybridized carbons (Fsp3) is 0.214. The second-order valence-corrected chi connectivity index (χ2v) is 4.97. The molecular formula is C14H13Cl2NO. The molecule has 0 unspecified atom stereocenters. The summed E-state index contributed by atoms with van der Waals surface area (Å²) in [6.07, 6.45) is 4.71. The van der Waals surface area contributed by atoms with Crippen LogP contribution >= 0.6 is 23.2 Å². The average Bonchev–Trinajstić information content (AvgIpc) is 2.41. The molecule has 0 saturated heterocycles. The number of halogens is 2. The van der Waals surface area contributed by atoms with Gasteiger partial charge in [-0.1, -0.05) is 41.9 Å². The predicted molar refractivity (Wildman–Crippen MR) is 75.3 cm³/mol. The number of hydrogen-bond acceptors (Lipinski definition) is 1. The molecule has 0 aromatic heterocycles. The summed E-state index contributed by atoms with van der Waals surface area (Å²) in [5, 5.41) is 0.943. The van der Waals surface area contributed by atoms with Crippen LogP contribution in [0.4, 0.5) is 0 Å². The van der Waals surface area contributed by atoms with Gasteiger partial charge in [0.25, 0.3) is 5.91 Å². The van der Waals surface area contributed by atoms with Crippen LogP contribution in [0.3, 0.4) is 0 Å². The lowest BCUT2D eigenvalue weighted by atomic mass is 10.1. The van der Waals surface area contributed by atoms with Gasteiger partial charge >= 0.3 is 0 Å². The van der Waals surface area contributed by atoms with E-state index in [1.165, 1.54) is 0 Å². The van der Waals surface area contributed by atoms with Gasteiger partial charge in [-0.2, -0.15) is 0 Å². The molecule has 0 saturated carbocycles. The first-order chi connectivity index (χ1) is 8.61. The number of carbonyl (C=O) groups is 1. The normalized spacial score (nSPS) is 15.2. The number of rotatable bonds is 2. The quantitative estimate of drug-likeness (QED) is 0.804. The third kappa shape index (κ3) is 2.77. The topological polar surface area (TPSA) is 20.3 Å². The van der Waals surface area contributed by atoms with Gasteiger partial charge in [-0.15, -0.1) is 0 Å². The lowest BCUT2D eigenvalue weighted by molar-refractivity contribution is 0.0767. The summed E-state index contributed by atoms with van der Waals surface area (Å²) in [4.78, 5) is 14.1. The minimum absolute atomic E-state index is 0.0880. The molecule has 1 aliphatic heterocycles. The van der Waals surface area contributed by atoms with E-state index in [9.17, 15) is 4.79 Å². The molecule has 1 aromatic carbocycles. The third-order valence-electron chi connectivity index (χ3n) is 2.89. The first-order valence-corrected chi connectivity index (χ1v) is 6.43. The van der Waals surface area contributed by atoms with Crippen molar-refractivity contribution >= 4 is 29.1 Å². The Balaban J connectivity index is 2.24. The number of nitrogens with zero attached hydrogens (tertiary/aromatic N) is 1. The molecule has 1 aliphatic rings. The van der Waals surface area contributed by atoms with Crippen LogP contribution < -0.4 is 0 Å².